The van der Waals surface area contributed by atoms with E-state index in [1.807, 2.05) is 11.0 Å². The highest BCUT2D eigenvalue weighted by atomic mass is 16.5. The van der Waals surface area contributed by atoms with Crippen LogP contribution in [0.4, 0.5) is 0 Å². The second-order valence-corrected chi connectivity index (χ2v) is 6.91. The van der Waals surface area contributed by atoms with Gasteiger partial charge in [0, 0.05) is 31.7 Å². The third kappa shape index (κ3) is 5.28. The molecule has 1 aromatic rings. The fourth-order valence-corrected chi connectivity index (χ4v) is 3.56. The molecule has 0 radical (unpaired) electrons. The lowest BCUT2D eigenvalue weighted by Crippen LogP contribution is -2.49. The van der Waals surface area contributed by atoms with Crippen LogP contribution in [0.3, 0.4) is 0 Å². The summed E-state index contributed by atoms with van der Waals surface area (Å²) in [6.45, 7) is 2.36. The number of carbonyl (C=O) groups is 2. The van der Waals surface area contributed by atoms with Crippen molar-refractivity contribution in [2.24, 2.45) is 0 Å². The average Bonchev–Trinajstić information content (AvgIpc) is 3.42. The number of carboxylic acid groups (broad SMARTS) is 1. The van der Waals surface area contributed by atoms with Gasteiger partial charge >= 0.3 is 5.97 Å². The highest BCUT2D eigenvalue weighted by Crippen LogP contribution is 2.32. The van der Waals surface area contributed by atoms with Gasteiger partial charge in [0.05, 0.1) is 0 Å². The first-order valence-electron chi connectivity index (χ1n) is 9.00. The van der Waals surface area contributed by atoms with Gasteiger partial charge in [-0.3, -0.25) is 9.69 Å². The number of hydrogen-bond donors (Lipinski definition) is 1. The van der Waals surface area contributed by atoms with Crippen LogP contribution < -0.4 is 0 Å². The summed E-state index contributed by atoms with van der Waals surface area (Å²) in [4.78, 5) is 27.4. The predicted molar refractivity (Wildman–Crippen MR) is 93.1 cm³/mol. The van der Waals surface area contributed by atoms with E-state index in [9.17, 15) is 9.59 Å². The molecule has 0 unspecified atom stereocenters. The maximum atomic E-state index is 12.5. The number of aliphatic carboxylic acids is 1. The van der Waals surface area contributed by atoms with Gasteiger partial charge in [-0.2, -0.15) is 0 Å². The summed E-state index contributed by atoms with van der Waals surface area (Å²) in [5.41, 5.74) is 1.32. The van der Waals surface area contributed by atoms with Crippen LogP contribution in [0.1, 0.15) is 31.2 Å². The van der Waals surface area contributed by atoms with Crippen LogP contribution in [0, 0.1) is 0 Å². The molecule has 136 valence electrons. The van der Waals surface area contributed by atoms with Crippen molar-refractivity contribution in [1.82, 2.24) is 9.80 Å². The first kappa shape index (κ1) is 17.9. The zero-order valence-electron chi connectivity index (χ0n) is 14.5. The first-order chi connectivity index (χ1) is 12.1. The van der Waals surface area contributed by atoms with E-state index in [0.717, 1.165) is 45.3 Å². The van der Waals surface area contributed by atoms with Crippen molar-refractivity contribution in [1.29, 1.82) is 0 Å². The molecule has 0 atom stereocenters. The van der Waals surface area contributed by atoms with Crippen molar-refractivity contribution in [3.8, 4) is 0 Å². The maximum absolute atomic E-state index is 12.5. The summed E-state index contributed by atoms with van der Waals surface area (Å²) in [7, 11) is 0. The van der Waals surface area contributed by atoms with Crippen LogP contribution in [-0.4, -0.2) is 65.2 Å². The summed E-state index contributed by atoms with van der Waals surface area (Å²) >= 11 is 0. The van der Waals surface area contributed by atoms with Crippen molar-refractivity contribution in [2.45, 2.75) is 44.3 Å². The lowest BCUT2D eigenvalue weighted by atomic mass is 10.0. The van der Waals surface area contributed by atoms with E-state index in [1.54, 1.807) is 0 Å². The molecule has 25 heavy (non-hydrogen) atoms. The van der Waals surface area contributed by atoms with Crippen LogP contribution in [0.15, 0.2) is 30.3 Å². The number of likely N-dealkylation sites (tertiary alicyclic amines) is 1. The van der Waals surface area contributed by atoms with Gasteiger partial charge in [0.25, 0.3) is 0 Å². The van der Waals surface area contributed by atoms with E-state index in [0.29, 0.717) is 6.04 Å². The molecule has 1 amide bonds. The zero-order valence-corrected chi connectivity index (χ0v) is 14.5. The molecule has 0 bridgehead atoms. The number of hydrogen-bond acceptors (Lipinski definition) is 4. The molecule has 3 rings (SSSR count). The van der Waals surface area contributed by atoms with Gasteiger partial charge in [-0.15, -0.1) is 0 Å². The molecule has 6 nitrogen and oxygen atoms in total. The number of carboxylic acids is 1. The molecule has 0 spiro atoms. The third-order valence-corrected chi connectivity index (χ3v) is 4.88. The molecule has 0 aromatic heterocycles. The Morgan fingerprint density at radius 1 is 1.04 bits per heavy atom. The Kier molecular flexibility index (Phi) is 6.04. The van der Waals surface area contributed by atoms with Gasteiger partial charge in [0.15, 0.2) is 0 Å². The molecule has 1 saturated heterocycles. The van der Waals surface area contributed by atoms with E-state index >= 15 is 0 Å². The number of piperidine rings is 1. The van der Waals surface area contributed by atoms with Crippen LogP contribution in [0.25, 0.3) is 0 Å². The van der Waals surface area contributed by atoms with E-state index in [4.69, 9.17) is 9.84 Å². The Balaban J connectivity index is 1.49. The van der Waals surface area contributed by atoms with E-state index < -0.39 is 12.6 Å². The van der Waals surface area contributed by atoms with Gasteiger partial charge in [0.2, 0.25) is 5.91 Å². The fourth-order valence-electron chi connectivity index (χ4n) is 3.56. The molecule has 2 fully saturated rings. The van der Waals surface area contributed by atoms with E-state index in [1.165, 1.54) is 5.56 Å². The first-order valence-corrected chi connectivity index (χ1v) is 9.00. The number of rotatable bonds is 8. The van der Waals surface area contributed by atoms with E-state index in [2.05, 4.69) is 29.2 Å². The summed E-state index contributed by atoms with van der Waals surface area (Å²) in [6, 6.07) is 11.0. The Bertz CT molecular complexity index is 580. The molecular formula is C19H26N2O4. The third-order valence-electron chi connectivity index (χ3n) is 4.88. The van der Waals surface area contributed by atoms with Gasteiger partial charge in [-0.05, 0) is 31.2 Å². The van der Waals surface area contributed by atoms with Crippen LogP contribution >= 0.6 is 0 Å². The van der Waals surface area contributed by atoms with Gasteiger partial charge in [-0.25, -0.2) is 4.79 Å². The fraction of sp³-hybridized carbons (Fsp3) is 0.579. The highest BCUT2D eigenvalue weighted by Gasteiger charge is 2.38. The standard InChI is InChI=1S/C19H26N2O4/c22-18(13-25-14-19(23)24)21(16-6-7-16)17-8-10-20(11-9-17)12-15-4-2-1-3-5-15/h1-5,16-17H,6-14H2,(H,23,24). The molecule has 1 saturated carbocycles. The molecule has 1 aliphatic carbocycles. The Morgan fingerprint density at radius 2 is 1.68 bits per heavy atom. The van der Waals surface area contributed by atoms with Gasteiger partial charge < -0.3 is 14.7 Å². The molecular weight excluding hydrogens is 320 g/mol. The largest absolute Gasteiger partial charge is 0.480 e. The second kappa shape index (κ2) is 8.45. The molecule has 1 heterocycles. The monoisotopic (exact) mass is 346 g/mol. The summed E-state index contributed by atoms with van der Waals surface area (Å²) in [5, 5.41) is 8.63. The van der Waals surface area contributed by atoms with Gasteiger partial charge in [0.1, 0.15) is 13.2 Å². The number of amides is 1. The molecule has 6 heteroatoms. The van der Waals surface area contributed by atoms with Crippen LogP contribution in [0.2, 0.25) is 0 Å². The Morgan fingerprint density at radius 3 is 2.28 bits per heavy atom. The lowest BCUT2D eigenvalue weighted by Gasteiger charge is -2.38. The number of ether oxygens (including phenoxy) is 1. The Labute approximate surface area is 148 Å². The second-order valence-electron chi connectivity index (χ2n) is 6.91. The maximum Gasteiger partial charge on any atom is 0.329 e. The Hall–Kier alpha value is -1.92. The minimum Gasteiger partial charge on any atom is -0.480 e. The summed E-state index contributed by atoms with van der Waals surface area (Å²) < 4.78 is 5.01. The highest BCUT2D eigenvalue weighted by molar-refractivity contribution is 5.79. The minimum atomic E-state index is -1.04. The van der Waals surface area contributed by atoms with Crippen LogP contribution in [0.5, 0.6) is 0 Å². The molecule has 2 aliphatic rings. The van der Waals surface area contributed by atoms with Crippen molar-refractivity contribution >= 4 is 11.9 Å². The average molecular weight is 346 g/mol. The number of benzene rings is 1. The van der Waals surface area contributed by atoms with Crippen molar-refractivity contribution in [2.75, 3.05) is 26.3 Å². The predicted octanol–water partition coefficient (Wildman–Crippen LogP) is 1.74. The molecule has 1 aliphatic heterocycles. The smallest absolute Gasteiger partial charge is 0.329 e. The quantitative estimate of drug-likeness (QED) is 0.776. The molecule has 1 N–H and O–H groups in total. The van der Waals surface area contributed by atoms with Crippen molar-refractivity contribution in [3.05, 3.63) is 35.9 Å². The number of carbonyl (C=O) groups excluding carboxylic acids is 1. The zero-order chi connectivity index (χ0) is 17.6. The van der Waals surface area contributed by atoms with Gasteiger partial charge in [-0.1, -0.05) is 30.3 Å². The van der Waals surface area contributed by atoms with Crippen molar-refractivity contribution < 1.29 is 19.4 Å². The topological polar surface area (TPSA) is 70.1 Å². The van der Waals surface area contributed by atoms with Crippen molar-refractivity contribution in [3.63, 3.8) is 0 Å². The molecule has 1 aromatic carbocycles. The lowest BCUT2D eigenvalue weighted by molar-refractivity contribution is -0.147. The number of nitrogens with zero attached hydrogens (tertiary/aromatic N) is 2. The van der Waals surface area contributed by atoms with Crippen LogP contribution in [-0.2, 0) is 20.9 Å². The van der Waals surface area contributed by atoms with E-state index in [-0.39, 0.29) is 18.6 Å². The summed E-state index contributed by atoms with van der Waals surface area (Å²) in [6.07, 6.45) is 4.03. The minimum absolute atomic E-state index is 0.0646. The summed E-state index contributed by atoms with van der Waals surface area (Å²) in [5.74, 6) is -1.11. The SMILES string of the molecule is O=C(O)COCC(=O)N(C1CC1)C1CCN(Cc2ccccc2)CC1. The normalized spacial score (nSPS) is 18.9.